The third-order valence-corrected chi connectivity index (χ3v) is 3.13. The summed E-state index contributed by atoms with van der Waals surface area (Å²) in [4.78, 5) is 26.9. The lowest BCUT2D eigenvalue weighted by atomic mass is 10.2. The molecule has 0 spiro atoms. The van der Waals surface area contributed by atoms with Crippen molar-refractivity contribution in [1.82, 2.24) is 20.0 Å². The van der Waals surface area contributed by atoms with Crippen molar-refractivity contribution < 1.29 is 9.59 Å². The molecule has 102 valence electrons. The fourth-order valence-corrected chi connectivity index (χ4v) is 2.07. The molecule has 2 heterocycles. The summed E-state index contributed by atoms with van der Waals surface area (Å²) in [5.74, 6) is -0.911. The zero-order valence-electron chi connectivity index (χ0n) is 10.7. The molecule has 1 aliphatic heterocycles. The topological polar surface area (TPSA) is 66.4 Å². The van der Waals surface area contributed by atoms with E-state index in [1.807, 2.05) is 6.92 Å². The minimum Gasteiger partial charge on any atom is -0.333 e. The number of nitrogens with zero attached hydrogens (tertiary/aromatic N) is 4. The lowest BCUT2D eigenvalue weighted by Gasteiger charge is -2.33. The van der Waals surface area contributed by atoms with E-state index in [1.165, 1.54) is 4.90 Å². The summed E-state index contributed by atoms with van der Waals surface area (Å²) in [5, 5.41) is 7.91. The summed E-state index contributed by atoms with van der Waals surface area (Å²) < 4.78 is 0. The lowest BCUT2D eigenvalue weighted by Crippen LogP contribution is -2.54. The van der Waals surface area contributed by atoms with Gasteiger partial charge >= 0.3 is 11.8 Å². The SMILES string of the molecule is CCCN1CCN(Cc2ccc(Cl)nn2)C(=O)C1=O. The van der Waals surface area contributed by atoms with Crippen LogP contribution in [0.1, 0.15) is 19.0 Å². The molecule has 0 saturated carbocycles. The molecule has 0 radical (unpaired) electrons. The lowest BCUT2D eigenvalue weighted by molar-refractivity contribution is -0.156. The van der Waals surface area contributed by atoms with Gasteiger partial charge in [-0.05, 0) is 18.6 Å². The first-order valence-electron chi connectivity index (χ1n) is 6.18. The average molecular weight is 283 g/mol. The number of hydrogen-bond acceptors (Lipinski definition) is 4. The molecule has 0 atom stereocenters. The van der Waals surface area contributed by atoms with Crippen LogP contribution in [0.3, 0.4) is 0 Å². The maximum atomic E-state index is 11.9. The predicted octanol–water partition coefficient (Wildman–Crippen LogP) is 0.711. The standard InChI is InChI=1S/C12H15ClN4O2/c1-2-5-16-6-7-17(12(19)11(16)18)8-9-3-4-10(13)15-14-9/h3-4H,2,5-8H2,1H3. The van der Waals surface area contributed by atoms with Crippen molar-refractivity contribution in [3.05, 3.63) is 23.0 Å². The van der Waals surface area contributed by atoms with Gasteiger partial charge in [0, 0.05) is 19.6 Å². The Morgan fingerprint density at radius 1 is 1.16 bits per heavy atom. The molecule has 1 aromatic heterocycles. The normalized spacial score (nSPS) is 16.1. The van der Waals surface area contributed by atoms with E-state index >= 15 is 0 Å². The zero-order valence-corrected chi connectivity index (χ0v) is 11.4. The van der Waals surface area contributed by atoms with Gasteiger partial charge in [-0.15, -0.1) is 5.10 Å². The van der Waals surface area contributed by atoms with Gasteiger partial charge in [-0.1, -0.05) is 18.5 Å². The molecule has 7 heteroatoms. The number of rotatable bonds is 4. The van der Waals surface area contributed by atoms with E-state index in [0.29, 0.717) is 30.5 Å². The largest absolute Gasteiger partial charge is 0.333 e. The Balaban J connectivity index is 2.01. The van der Waals surface area contributed by atoms with Crippen molar-refractivity contribution in [3.63, 3.8) is 0 Å². The highest BCUT2D eigenvalue weighted by Crippen LogP contribution is 2.10. The average Bonchev–Trinajstić information content (AvgIpc) is 2.41. The number of hydrogen-bond donors (Lipinski definition) is 0. The molecule has 0 unspecified atom stereocenters. The monoisotopic (exact) mass is 282 g/mol. The van der Waals surface area contributed by atoms with Gasteiger partial charge in [-0.2, -0.15) is 5.10 Å². The number of amides is 2. The second-order valence-corrected chi connectivity index (χ2v) is 4.75. The highest BCUT2D eigenvalue weighted by molar-refractivity contribution is 6.35. The first kappa shape index (κ1) is 13.7. The van der Waals surface area contributed by atoms with Crippen LogP contribution in [-0.2, 0) is 16.1 Å². The number of aromatic nitrogens is 2. The molecule has 19 heavy (non-hydrogen) atoms. The van der Waals surface area contributed by atoms with Gasteiger partial charge < -0.3 is 9.80 Å². The quantitative estimate of drug-likeness (QED) is 0.763. The van der Waals surface area contributed by atoms with E-state index < -0.39 is 11.8 Å². The molecule has 6 nitrogen and oxygen atoms in total. The molecule has 1 fully saturated rings. The van der Waals surface area contributed by atoms with Crippen molar-refractivity contribution in [2.45, 2.75) is 19.9 Å². The van der Waals surface area contributed by atoms with Crippen LogP contribution in [0.4, 0.5) is 0 Å². The molecule has 1 saturated heterocycles. The Morgan fingerprint density at radius 3 is 2.47 bits per heavy atom. The summed E-state index contributed by atoms with van der Waals surface area (Å²) in [5.41, 5.74) is 0.620. The highest BCUT2D eigenvalue weighted by atomic mass is 35.5. The molecular weight excluding hydrogens is 268 g/mol. The van der Waals surface area contributed by atoms with Gasteiger partial charge in [0.05, 0.1) is 12.2 Å². The predicted molar refractivity (Wildman–Crippen MR) is 69.3 cm³/mol. The molecule has 1 aliphatic rings. The van der Waals surface area contributed by atoms with Gasteiger partial charge in [0.25, 0.3) is 0 Å². The first-order valence-corrected chi connectivity index (χ1v) is 6.56. The van der Waals surface area contributed by atoms with Crippen LogP contribution < -0.4 is 0 Å². The Kier molecular flexibility index (Phi) is 4.31. The zero-order chi connectivity index (χ0) is 13.8. The maximum Gasteiger partial charge on any atom is 0.312 e. The third kappa shape index (κ3) is 3.20. The van der Waals surface area contributed by atoms with Crippen LogP contribution in [0.15, 0.2) is 12.1 Å². The second kappa shape index (κ2) is 5.97. The Bertz CT molecular complexity index is 477. The minimum atomic E-state index is -0.476. The van der Waals surface area contributed by atoms with Crippen molar-refractivity contribution >= 4 is 23.4 Å². The fourth-order valence-electron chi connectivity index (χ4n) is 1.97. The molecule has 0 N–H and O–H groups in total. The number of piperazine rings is 1. The van der Waals surface area contributed by atoms with E-state index in [4.69, 9.17) is 11.6 Å². The number of halogens is 1. The van der Waals surface area contributed by atoms with Crippen LogP contribution in [-0.4, -0.2) is 51.4 Å². The van der Waals surface area contributed by atoms with Crippen LogP contribution >= 0.6 is 11.6 Å². The third-order valence-electron chi connectivity index (χ3n) is 2.93. The van der Waals surface area contributed by atoms with Gasteiger partial charge in [-0.3, -0.25) is 9.59 Å². The smallest absolute Gasteiger partial charge is 0.312 e. The van der Waals surface area contributed by atoms with E-state index in [-0.39, 0.29) is 6.54 Å². The van der Waals surface area contributed by atoms with Crippen LogP contribution in [0.5, 0.6) is 0 Å². The minimum absolute atomic E-state index is 0.286. The summed E-state index contributed by atoms with van der Waals surface area (Å²) in [6, 6.07) is 3.31. The first-order chi connectivity index (χ1) is 9.11. The summed E-state index contributed by atoms with van der Waals surface area (Å²) in [6.07, 6.45) is 0.849. The summed E-state index contributed by atoms with van der Waals surface area (Å²) in [7, 11) is 0. The van der Waals surface area contributed by atoms with Crippen molar-refractivity contribution in [2.75, 3.05) is 19.6 Å². The highest BCUT2D eigenvalue weighted by Gasteiger charge is 2.31. The van der Waals surface area contributed by atoms with E-state index in [9.17, 15) is 9.59 Å². The summed E-state index contributed by atoms with van der Waals surface area (Å²) in [6.45, 7) is 3.98. The molecule has 0 bridgehead atoms. The molecular formula is C12H15ClN4O2. The van der Waals surface area contributed by atoms with Gasteiger partial charge in [0.15, 0.2) is 5.15 Å². The van der Waals surface area contributed by atoms with Crippen LogP contribution in [0.2, 0.25) is 5.15 Å². The number of carbonyl (C=O) groups is 2. The second-order valence-electron chi connectivity index (χ2n) is 4.37. The molecule has 2 amide bonds. The maximum absolute atomic E-state index is 11.9. The fraction of sp³-hybridized carbons (Fsp3) is 0.500. The molecule has 2 rings (SSSR count). The Labute approximate surface area is 116 Å². The molecule has 0 aromatic carbocycles. The molecule has 1 aromatic rings. The van der Waals surface area contributed by atoms with Crippen molar-refractivity contribution in [1.29, 1.82) is 0 Å². The number of carbonyl (C=O) groups excluding carboxylic acids is 2. The Hall–Kier alpha value is -1.69. The van der Waals surface area contributed by atoms with Gasteiger partial charge in [-0.25, -0.2) is 0 Å². The van der Waals surface area contributed by atoms with E-state index in [0.717, 1.165) is 6.42 Å². The Morgan fingerprint density at radius 2 is 1.84 bits per heavy atom. The summed E-state index contributed by atoms with van der Waals surface area (Å²) >= 11 is 5.65. The van der Waals surface area contributed by atoms with E-state index in [1.54, 1.807) is 17.0 Å². The van der Waals surface area contributed by atoms with Crippen molar-refractivity contribution in [3.8, 4) is 0 Å². The van der Waals surface area contributed by atoms with Crippen molar-refractivity contribution in [2.24, 2.45) is 0 Å². The van der Waals surface area contributed by atoms with Crippen LogP contribution in [0.25, 0.3) is 0 Å². The van der Waals surface area contributed by atoms with Crippen LogP contribution in [0, 0.1) is 0 Å². The van der Waals surface area contributed by atoms with E-state index in [2.05, 4.69) is 10.2 Å². The molecule has 0 aliphatic carbocycles. The van der Waals surface area contributed by atoms with Gasteiger partial charge in [0.1, 0.15) is 0 Å². The van der Waals surface area contributed by atoms with Gasteiger partial charge in [0.2, 0.25) is 0 Å².